The second kappa shape index (κ2) is 4.00. The van der Waals surface area contributed by atoms with Gasteiger partial charge in [0.05, 0.1) is 11.9 Å². The zero-order valence-electron chi connectivity index (χ0n) is 8.61. The highest BCUT2D eigenvalue weighted by Gasteiger charge is 2.05. The van der Waals surface area contributed by atoms with Gasteiger partial charge in [-0.25, -0.2) is 15.4 Å². The van der Waals surface area contributed by atoms with Crippen molar-refractivity contribution in [1.29, 1.82) is 0 Å². The van der Waals surface area contributed by atoms with Crippen LogP contribution in [0.4, 0.5) is 5.82 Å². The molecule has 0 radical (unpaired) electrons. The lowest BCUT2D eigenvalue weighted by molar-refractivity contribution is 0.171. The van der Waals surface area contributed by atoms with E-state index >= 15 is 0 Å². The fourth-order valence-corrected chi connectivity index (χ4v) is 1.17. The molecule has 2 heterocycles. The van der Waals surface area contributed by atoms with E-state index in [0.717, 1.165) is 22.8 Å². The predicted molar refractivity (Wildman–Crippen MR) is 56.6 cm³/mol. The standard InChI is InChI=1S/C10H12N4O/c1-7-8(2)11-6-12-10(7)14-9-3-4-15-13-5-9/h3-6,13H,1-2H3,(H,11,12,14). The molecule has 78 valence electrons. The van der Waals surface area contributed by atoms with E-state index in [1.165, 1.54) is 0 Å². The number of nitrogens with zero attached hydrogens (tertiary/aromatic N) is 2. The maximum absolute atomic E-state index is 4.81. The van der Waals surface area contributed by atoms with Crippen LogP contribution in [-0.2, 0) is 4.84 Å². The van der Waals surface area contributed by atoms with Crippen LogP contribution < -0.4 is 10.8 Å². The molecule has 2 N–H and O–H groups in total. The molecule has 0 atom stereocenters. The van der Waals surface area contributed by atoms with Crippen molar-refractivity contribution in [2.45, 2.75) is 13.8 Å². The second-order valence-electron chi connectivity index (χ2n) is 3.20. The van der Waals surface area contributed by atoms with Gasteiger partial charge in [0.1, 0.15) is 18.4 Å². The van der Waals surface area contributed by atoms with Gasteiger partial charge in [-0.1, -0.05) is 0 Å². The molecule has 0 bridgehead atoms. The topological polar surface area (TPSA) is 59.1 Å². The van der Waals surface area contributed by atoms with Gasteiger partial charge in [0, 0.05) is 17.3 Å². The lowest BCUT2D eigenvalue weighted by atomic mass is 10.2. The van der Waals surface area contributed by atoms with Gasteiger partial charge in [0.15, 0.2) is 0 Å². The minimum atomic E-state index is 0.808. The lowest BCUT2D eigenvalue weighted by Crippen LogP contribution is -2.12. The number of hydrogen-bond acceptors (Lipinski definition) is 5. The van der Waals surface area contributed by atoms with E-state index in [1.807, 2.05) is 19.9 Å². The molecule has 1 aromatic rings. The number of rotatable bonds is 2. The minimum absolute atomic E-state index is 0.808. The van der Waals surface area contributed by atoms with Gasteiger partial charge < -0.3 is 10.2 Å². The van der Waals surface area contributed by atoms with E-state index in [2.05, 4.69) is 20.8 Å². The van der Waals surface area contributed by atoms with E-state index < -0.39 is 0 Å². The SMILES string of the molecule is Cc1ncnc(NC2=CNOC=C2)c1C. The van der Waals surface area contributed by atoms with E-state index in [9.17, 15) is 0 Å². The third-order valence-electron chi connectivity index (χ3n) is 2.20. The van der Waals surface area contributed by atoms with Gasteiger partial charge in [-0.2, -0.15) is 0 Å². The lowest BCUT2D eigenvalue weighted by Gasteiger charge is -2.12. The highest BCUT2D eigenvalue weighted by Crippen LogP contribution is 2.15. The quantitative estimate of drug-likeness (QED) is 0.762. The largest absolute Gasteiger partial charge is 0.390 e. The summed E-state index contributed by atoms with van der Waals surface area (Å²) >= 11 is 0. The first-order chi connectivity index (χ1) is 7.27. The number of allylic oxidation sites excluding steroid dienone is 1. The summed E-state index contributed by atoms with van der Waals surface area (Å²) in [4.78, 5) is 13.1. The van der Waals surface area contributed by atoms with Crippen LogP contribution in [0.1, 0.15) is 11.3 Å². The normalized spacial score (nSPS) is 13.9. The number of hydrogen-bond donors (Lipinski definition) is 2. The van der Waals surface area contributed by atoms with Crippen LogP contribution in [-0.4, -0.2) is 9.97 Å². The smallest absolute Gasteiger partial charge is 0.136 e. The summed E-state index contributed by atoms with van der Waals surface area (Å²) in [5.74, 6) is 0.808. The molecule has 5 nitrogen and oxygen atoms in total. The Balaban J connectivity index is 2.20. The van der Waals surface area contributed by atoms with Crippen molar-refractivity contribution >= 4 is 5.82 Å². The number of nitrogens with one attached hydrogen (secondary N) is 2. The highest BCUT2D eigenvalue weighted by molar-refractivity contribution is 5.51. The molecule has 15 heavy (non-hydrogen) atoms. The first-order valence-corrected chi connectivity index (χ1v) is 4.60. The second-order valence-corrected chi connectivity index (χ2v) is 3.20. The zero-order valence-corrected chi connectivity index (χ0v) is 8.61. The Kier molecular flexibility index (Phi) is 2.53. The maximum Gasteiger partial charge on any atom is 0.136 e. The maximum atomic E-state index is 4.81. The minimum Gasteiger partial charge on any atom is -0.390 e. The van der Waals surface area contributed by atoms with E-state index in [4.69, 9.17) is 4.84 Å². The number of aromatic nitrogens is 2. The van der Waals surface area contributed by atoms with Crippen molar-refractivity contribution in [3.8, 4) is 0 Å². The van der Waals surface area contributed by atoms with Gasteiger partial charge in [-0.05, 0) is 13.8 Å². The summed E-state index contributed by atoms with van der Waals surface area (Å²) in [5.41, 5.74) is 5.54. The third-order valence-corrected chi connectivity index (χ3v) is 2.20. The van der Waals surface area contributed by atoms with Crippen LogP contribution in [0.3, 0.4) is 0 Å². The molecule has 0 saturated heterocycles. The number of hydroxylamine groups is 1. The highest BCUT2D eigenvalue weighted by atomic mass is 16.6. The zero-order chi connectivity index (χ0) is 10.7. The molecule has 0 amide bonds. The van der Waals surface area contributed by atoms with Crippen molar-refractivity contribution in [1.82, 2.24) is 15.4 Å². The van der Waals surface area contributed by atoms with Crippen molar-refractivity contribution in [2.24, 2.45) is 0 Å². The summed E-state index contributed by atoms with van der Waals surface area (Å²) in [6.07, 6.45) is 6.64. The molecule has 0 spiro atoms. The van der Waals surface area contributed by atoms with Gasteiger partial charge in [0.2, 0.25) is 0 Å². The van der Waals surface area contributed by atoms with Gasteiger partial charge in [0.25, 0.3) is 0 Å². The molecule has 1 aliphatic rings. The first-order valence-electron chi connectivity index (χ1n) is 4.60. The van der Waals surface area contributed by atoms with Crippen LogP contribution in [0.15, 0.2) is 30.6 Å². The van der Waals surface area contributed by atoms with E-state index in [-0.39, 0.29) is 0 Å². The Bertz CT molecular complexity index is 425. The van der Waals surface area contributed by atoms with Crippen molar-refractivity contribution in [3.05, 3.63) is 41.8 Å². The first kappa shape index (κ1) is 9.51. The van der Waals surface area contributed by atoms with Crippen LogP contribution in [0, 0.1) is 13.8 Å². The van der Waals surface area contributed by atoms with Crippen molar-refractivity contribution in [3.63, 3.8) is 0 Å². The van der Waals surface area contributed by atoms with Gasteiger partial charge >= 0.3 is 0 Å². The third kappa shape index (κ3) is 2.07. The molecule has 1 aromatic heterocycles. The Morgan fingerprint density at radius 3 is 2.93 bits per heavy atom. The number of aryl methyl sites for hydroxylation is 1. The fraction of sp³-hybridized carbons (Fsp3) is 0.200. The van der Waals surface area contributed by atoms with Gasteiger partial charge in [-0.15, -0.1) is 0 Å². The van der Waals surface area contributed by atoms with Crippen LogP contribution >= 0.6 is 0 Å². The summed E-state index contributed by atoms with van der Waals surface area (Å²) in [5, 5.41) is 3.17. The molecule has 2 rings (SSSR count). The fourth-order valence-electron chi connectivity index (χ4n) is 1.17. The summed E-state index contributed by atoms with van der Waals surface area (Å²) in [7, 11) is 0. The molecule has 5 heteroatoms. The summed E-state index contributed by atoms with van der Waals surface area (Å²) < 4.78 is 0. The Labute approximate surface area is 87.8 Å². The molecular weight excluding hydrogens is 192 g/mol. The van der Waals surface area contributed by atoms with Crippen LogP contribution in [0.25, 0.3) is 0 Å². The average molecular weight is 204 g/mol. The number of anilines is 1. The predicted octanol–water partition coefficient (Wildman–Crippen LogP) is 1.40. The molecule has 1 aliphatic heterocycles. The van der Waals surface area contributed by atoms with Crippen LogP contribution in [0.5, 0.6) is 0 Å². The summed E-state index contributed by atoms with van der Waals surface area (Å²) in [6, 6.07) is 0. The van der Waals surface area contributed by atoms with Crippen molar-refractivity contribution < 1.29 is 4.84 Å². The summed E-state index contributed by atoms with van der Waals surface area (Å²) in [6.45, 7) is 3.93. The van der Waals surface area contributed by atoms with E-state index in [1.54, 1.807) is 18.8 Å². The Hall–Kier alpha value is -2.04. The monoisotopic (exact) mass is 204 g/mol. The average Bonchev–Trinajstić information content (AvgIpc) is 2.26. The van der Waals surface area contributed by atoms with Gasteiger partial charge in [-0.3, -0.25) is 0 Å². The Morgan fingerprint density at radius 2 is 2.20 bits per heavy atom. The Morgan fingerprint density at radius 1 is 1.33 bits per heavy atom. The van der Waals surface area contributed by atoms with E-state index in [0.29, 0.717) is 0 Å². The molecule has 0 unspecified atom stereocenters. The van der Waals surface area contributed by atoms with Crippen molar-refractivity contribution in [2.75, 3.05) is 5.32 Å². The molecule has 0 aliphatic carbocycles. The molecule has 0 aromatic carbocycles. The van der Waals surface area contributed by atoms with Crippen LogP contribution in [0.2, 0.25) is 0 Å². The molecular formula is C10H12N4O. The molecule has 0 fully saturated rings. The molecule has 0 saturated carbocycles.